The van der Waals surface area contributed by atoms with Crippen LogP contribution in [0.1, 0.15) is 4.88 Å². The number of hydrogen-bond acceptors (Lipinski definition) is 5. The molecular weight excluding hydrogens is 298 g/mol. The van der Waals surface area contributed by atoms with Gasteiger partial charge in [0.2, 0.25) is 0 Å². The summed E-state index contributed by atoms with van der Waals surface area (Å²) in [6, 6.07) is 8.14. The maximum Gasteiger partial charge on any atom is 0.156 e. The zero-order chi connectivity index (χ0) is 13.2. The van der Waals surface area contributed by atoms with Crippen molar-refractivity contribution in [3.63, 3.8) is 0 Å². The fourth-order valence-corrected chi connectivity index (χ4v) is 4.27. The van der Waals surface area contributed by atoms with Gasteiger partial charge in [0.25, 0.3) is 0 Å². The number of rotatable bonds is 3. The molecule has 1 aromatic carbocycles. The van der Waals surface area contributed by atoms with Crippen LogP contribution >= 0.6 is 34.7 Å². The van der Waals surface area contributed by atoms with Gasteiger partial charge in [-0.3, -0.25) is 0 Å². The molecule has 0 fully saturated rings. The Morgan fingerprint density at radius 3 is 2.79 bits per heavy atom. The van der Waals surface area contributed by atoms with Gasteiger partial charge >= 0.3 is 0 Å². The highest BCUT2D eigenvalue weighted by molar-refractivity contribution is 7.98. The third-order valence-electron chi connectivity index (χ3n) is 2.63. The third-order valence-corrected chi connectivity index (χ3v) is 5.55. The Morgan fingerprint density at radius 2 is 2.00 bits per heavy atom. The Labute approximate surface area is 123 Å². The third kappa shape index (κ3) is 2.54. The van der Waals surface area contributed by atoms with Gasteiger partial charge in [0, 0.05) is 33.1 Å². The summed E-state index contributed by atoms with van der Waals surface area (Å²) in [6.45, 7) is 0. The number of aromatic nitrogens is 2. The van der Waals surface area contributed by atoms with Crippen LogP contribution in [0.4, 0.5) is 5.82 Å². The van der Waals surface area contributed by atoms with Crippen molar-refractivity contribution in [2.45, 2.75) is 10.8 Å². The van der Waals surface area contributed by atoms with E-state index < -0.39 is 0 Å². The van der Waals surface area contributed by atoms with E-state index in [9.17, 15) is 0 Å². The van der Waals surface area contributed by atoms with E-state index in [1.807, 2.05) is 18.2 Å². The summed E-state index contributed by atoms with van der Waals surface area (Å²) in [6.07, 6.45) is 3.23. The lowest BCUT2D eigenvalue weighted by molar-refractivity contribution is 1.07. The number of nitrogens with two attached hydrogens (primary N) is 1. The number of fused-ring (bicyclic) bond motifs is 1. The quantitative estimate of drug-likeness (QED) is 0.736. The van der Waals surface area contributed by atoms with Gasteiger partial charge < -0.3 is 5.73 Å². The van der Waals surface area contributed by atoms with E-state index in [0.717, 1.165) is 26.1 Å². The molecule has 2 aromatic heterocycles. The van der Waals surface area contributed by atoms with Crippen molar-refractivity contribution in [1.82, 2.24) is 9.97 Å². The van der Waals surface area contributed by atoms with Gasteiger partial charge in [-0.05, 0) is 6.07 Å². The molecule has 6 heteroatoms. The first-order chi connectivity index (χ1) is 9.25. The first-order valence-corrected chi connectivity index (χ1v) is 7.79. The van der Waals surface area contributed by atoms with Crippen LogP contribution < -0.4 is 5.73 Å². The summed E-state index contributed by atoms with van der Waals surface area (Å²) < 4.78 is 1.20. The van der Waals surface area contributed by atoms with Crippen molar-refractivity contribution in [2.24, 2.45) is 0 Å². The largest absolute Gasteiger partial charge is 0.381 e. The van der Waals surface area contributed by atoms with E-state index in [1.165, 1.54) is 4.70 Å². The van der Waals surface area contributed by atoms with Crippen LogP contribution in [0, 0.1) is 0 Å². The molecular formula is C13H10ClN3S2. The molecule has 0 unspecified atom stereocenters. The summed E-state index contributed by atoms with van der Waals surface area (Å²) in [5.41, 5.74) is 5.77. The van der Waals surface area contributed by atoms with Crippen molar-refractivity contribution in [2.75, 3.05) is 5.73 Å². The molecule has 3 rings (SSSR count). The summed E-state index contributed by atoms with van der Waals surface area (Å²) >= 11 is 9.66. The minimum Gasteiger partial charge on any atom is -0.381 e. The maximum absolute atomic E-state index is 6.39. The number of benzene rings is 1. The van der Waals surface area contributed by atoms with Crippen LogP contribution in [0.2, 0.25) is 5.02 Å². The average molecular weight is 308 g/mol. The van der Waals surface area contributed by atoms with E-state index in [0.29, 0.717) is 5.82 Å². The lowest BCUT2D eigenvalue weighted by Gasteiger charge is -2.01. The van der Waals surface area contributed by atoms with Crippen molar-refractivity contribution in [1.29, 1.82) is 0 Å². The van der Waals surface area contributed by atoms with Crippen LogP contribution in [0.25, 0.3) is 10.1 Å². The van der Waals surface area contributed by atoms with Crippen molar-refractivity contribution in [3.8, 4) is 0 Å². The molecule has 0 aliphatic heterocycles. The summed E-state index contributed by atoms with van der Waals surface area (Å²) in [7, 11) is 0. The standard InChI is InChI=1S/C13H10ClN3S2/c14-11-8-3-1-2-4-9(8)19-10(11)7-18-13-12(15)16-5-6-17-13/h1-6H,7H2,(H2,15,16). The fraction of sp³-hybridized carbons (Fsp3) is 0.0769. The smallest absolute Gasteiger partial charge is 0.156 e. The first-order valence-electron chi connectivity index (χ1n) is 5.61. The first kappa shape index (κ1) is 12.7. The Hall–Kier alpha value is -1.30. The van der Waals surface area contributed by atoms with Crippen molar-refractivity contribution < 1.29 is 0 Å². The molecule has 3 nitrogen and oxygen atoms in total. The predicted molar refractivity (Wildman–Crippen MR) is 82.8 cm³/mol. The maximum atomic E-state index is 6.39. The van der Waals surface area contributed by atoms with Crippen LogP contribution in [-0.2, 0) is 5.75 Å². The topological polar surface area (TPSA) is 51.8 Å². The van der Waals surface area contributed by atoms with Gasteiger partial charge in [0.15, 0.2) is 5.82 Å². The molecule has 19 heavy (non-hydrogen) atoms. The van der Waals surface area contributed by atoms with Crippen LogP contribution in [0.3, 0.4) is 0 Å². The molecule has 2 N–H and O–H groups in total. The number of thiophene rings is 1. The number of anilines is 1. The highest BCUT2D eigenvalue weighted by Crippen LogP contribution is 2.38. The molecule has 0 aliphatic carbocycles. The Balaban J connectivity index is 1.86. The molecule has 96 valence electrons. The second kappa shape index (κ2) is 5.36. The van der Waals surface area contributed by atoms with E-state index in [2.05, 4.69) is 16.0 Å². The number of nitrogen functional groups attached to an aromatic ring is 1. The van der Waals surface area contributed by atoms with Gasteiger partial charge in [0.05, 0.1) is 5.02 Å². The second-order valence-corrected chi connectivity index (χ2v) is 6.35. The van der Waals surface area contributed by atoms with Gasteiger partial charge in [-0.25, -0.2) is 9.97 Å². The Morgan fingerprint density at radius 1 is 1.21 bits per heavy atom. The summed E-state index contributed by atoms with van der Waals surface area (Å²) in [5, 5.41) is 2.68. The molecule has 0 amide bonds. The fourth-order valence-electron chi connectivity index (χ4n) is 1.74. The number of halogens is 1. The molecule has 0 spiro atoms. The highest BCUT2D eigenvalue weighted by atomic mass is 35.5. The minimum absolute atomic E-state index is 0.463. The van der Waals surface area contributed by atoms with E-state index >= 15 is 0 Å². The van der Waals surface area contributed by atoms with Crippen molar-refractivity contribution >= 4 is 50.6 Å². The Bertz CT molecular complexity index is 727. The minimum atomic E-state index is 0.463. The van der Waals surface area contributed by atoms with Gasteiger partial charge in [-0.15, -0.1) is 11.3 Å². The molecule has 0 saturated carbocycles. The summed E-state index contributed by atoms with van der Waals surface area (Å²) in [4.78, 5) is 9.37. The van der Waals surface area contributed by atoms with Crippen LogP contribution in [0.5, 0.6) is 0 Å². The number of hydrogen-bond donors (Lipinski definition) is 1. The zero-order valence-electron chi connectivity index (χ0n) is 9.84. The van der Waals surface area contributed by atoms with Crippen molar-refractivity contribution in [3.05, 3.63) is 46.6 Å². The van der Waals surface area contributed by atoms with Gasteiger partial charge in [-0.1, -0.05) is 41.6 Å². The average Bonchev–Trinajstić information content (AvgIpc) is 2.75. The monoisotopic (exact) mass is 307 g/mol. The van der Waals surface area contributed by atoms with E-state index in [1.54, 1.807) is 35.5 Å². The van der Waals surface area contributed by atoms with E-state index in [4.69, 9.17) is 17.3 Å². The van der Waals surface area contributed by atoms with Crippen LogP contribution in [-0.4, -0.2) is 9.97 Å². The lowest BCUT2D eigenvalue weighted by Crippen LogP contribution is -1.94. The molecule has 0 atom stereocenters. The summed E-state index contributed by atoms with van der Waals surface area (Å²) in [5.74, 6) is 1.21. The molecule has 3 aromatic rings. The number of thioether (sulfide) groups is 1. The van der Waals surface area contributed by atoms with E-state index in [-0.39, 0.29) is 0 Å². The van der Waals surface area contributed by atoms with Gasteiger partial charge in [-0.2, -0.15) is 0 Å². The molecule has 0 saturated heterocycles. The lowest BCUT2D eigenvalue weighted by atomic mass is 10.2. The number of nitrogens with zero attached hydrogens (tertiary/aromatic N) is 2. The zero-order valence-corrected chi connectivity index (χ0v) is 12.2. The SMILES string of the molecule is Nc1nccnc1SCc1sc2ccccc2c1Cl. The van der Waals surface area contributed by atoms with Gasteiger partial charge in [0.1, 0.15) is 5.03 Å². The molecule has 2 heterocycles. The molecule has 0 bridgehead atoms. The van der Waals surface area contributed by atoms with Crippen LogP contribution in [0.15, 0.2) is 41.7 Å². The normalized spacial score (nSPS) is 11.0. The highest BCUT2D eigenvalue weighted by Gasteiger charge is 2.11. The Kier molecular flexibility index (Phi) is 3.59. The molecule has 0 radical (unpaired) electrons. The predicted octanol–water partition coefficient (Wildman–Crippen LogP) is 4.22. The molecule has 0 aliphatic rings. The second-order valence-electron chi connectivity index (χ2n) is 3.87.